The molecule has 0 aliphatic heterocycles. The fourth-order valence-corrected chi connectivity index (χ4v) is 9.96. The van der Waals surface area contributed by atoms with Gasteiger partial charge in [0.1, 0.15) is 50.1 Å². The van der Waals surface area contributed by atoms with Crippen molar-refractivity contribution in [2.24, 2.45) is 0 Å². The minimum atomic E-state index is -4.78. The van der Waals surface area contributed by atoms with E-state index in [9.17, 15) is 13.0 Å². The Bertz CT molecular complexity index is 1370. The average Bonchev–Trinajstić information content (AvgIpc) is 2.85. The lowest BCUT2D eigenvalue weighted by atomic mass is 10.2. The minimum absolute atomic E-state index is 0.213. The van der Waals surface area contributed by atoms with Gasteiger partial charge in [0.05, 0.1) is 19.1 Å². The number of benzene rings is 4. The fourth-order valence-electron chi connectivity index (χ4n) is 4.25. The van der Waals surface area contributed by atoms with Crippen LogP contribution in [0.1, 0.15) is 5.56 Å². The molecule has 0 radical (unpaired) electrons. The molecule has 0 spiro atoms. The average molecular weight is 493 g/mol. The molecule has 0 amide bonds. The van der Waals surface area contributed by atoms with Gasteiger partial charge in [-0.05, 0) is 61.0 Å². The molecule has 4 rings (SSSR count). The summed E-state index contributed by atoms with van der Waals surface area (Å²) in [6.07, 6.45) is 0. The van der Waals surface area contributed by atoms with E-state index in [2.05, 4.69) is 0 Å². The van der Waals surface area contributed by atoms with Crippen molar-refractivity contribution in [2.75, 3.05) is 14.2 Å². The SMILES string of the molecule is COc1cccc([P+](c2ccccc2)(c2cccc(OC)c2)c2ccc(C)cc2S(=O)(=O)[O-])c1. The Labute approximate surface area is 201 Å². The molecular weight excluding hydrogens is 467 g/mol. The van der Waals surface area contributed by atoms with E-state index in [0.717, 1.165) is 15.9 Å². The monoisotopic (exact) mass is 492 g/mol. The van der Waals surface area contributed by atoms with E-state index in [1.807, 2.05) is 84.9 Å². The second-order valence-corrected chi connectivity index (χ2v) is 12.6. The fraction of sp³-hybridized carbons (Fsp3) is 0.111. The summed E-state index contributed by atoms with van der Waals surface area (Å²) < 4.78 is 48.9. The molecule has 0 heterocycles. The first-order valence-electron chi connectivity index (χ1n) is 10.6. The summed E-state index contributed by atoms with van der Waals surface area (Å²) in [6, 6.07) is 30.0. The zero-order chi connectivity index (χ0) is 24.3. The summed E-state index contributed by atoms with van der Waals surface area (Å²) >= 11 is 0. The predicted molar refractivity (Wildman–Crippen MR) is 137 cm³/mol. The number of rotatable bonds is 7. The van der Waals surface area contributed by atoms with Crippen molar-refractivity contribution in [3.05, 3.63) is 103 Å². The van der Waals surface area contributed by atoms with Crippen LogP contribution in [0, 0.1) is 6.92 Å². The summed E-state index contributed by atoms with van der Waals surface area (Å²) in [5.74, 6) is 1.28. The molecule has 0 aliphatic rings. The number of hydrogen-bond acceptors (Lipinski definition) is 5. The van der Waals surface area contributed by atoms with Gasteiger partial charge in [0.2, 0.25) is 0 Å². The van der Waals surface area contributed by atoms with Crippen molar-refractivity contribution < 1.29 is 22.4 Å². The predicted octanol–water partition coefficient (Wildman–Crippen LogP) is 3.54. The lowest BCUT2D eigenvalue weighted by molar-refractivity contribution is 0.415. The van der Waals surface area contributed by atoms with E-state index in [-0.39, 0.29) is 4.90 Å². The lowest BCUT2D eigenvalue weighted by Crippen LogP contribution is -2.40. The van der Waals surface area contributed by atoms with Crippen LogP contribution in [-0.4, -0.2) is 27.2 Å². The Morgan fingerprint density at radius 1 is 0.676 bits per heavy atom. The molecule has 0 bridgehead atoms. The summed E-state index contributed by atoms with van der Waals surface area (Å²) in [5.41, 5.74) is 0.695. The van der Waals surface area contributed by atoms with E-state index in [4.69, 9.17) is 9.47 Å². The van der Waals surface area contributed by atoms with Crippen LogP contribution in [-0.2, 0) is 10.1 Å². The zero-order valence-corrected chi connectivity index (χ0v) is 20.8. The van der Waals surface area contributed by atoms with Crippen LogP contribution >= 0.6 is 7.26 Å². The van der Waals surface area contributed by atoms with E-state index in [1.165, 1.54) is 6.07 Å². The van der Waals surface area contributed by atoms with Crippen molar-refractivity contribution in [2.45, 2.75) is 11.8 Å². The topological polar surface area (TPSA) is 75.7 Å². The van der Waals surface area contributed by atoms with Gasteiger partial charge in [0.25, 0.3) is 0 Å². The molecule has 0 atom stereocenters. The van der Waals surface area contributed by atoms with Gasteiger partial charge in [-0.2, -0.15) is 0 Å². The Morgan fingerprint density at radius 2 is 1.21 bits per heavy atom. The van der Waals surface area contributed by atoms with Gasteiger partial charge < -0.3 is 14.0 Å². The molecule has 7 heteroatoms. The number of hydrogen-bond donors (Lipinski definition) is 0. The second kappa shape index (κ2) is 9.59. The first-order valence-corrected chi connectivity index (χ1v) is 13.8. The van der Waals surface area contributed by atoms with Crippen LogP contribution in [0.3, 0.4) is 0 Å². The van der Waals surface area contributed by atoms with Crippen molar-refractivity contribution in [1.29, 1.82) is 0 Å². The van der Waals surface area contributed by atoms with Gasteiger partial charge >= 0.3 is 0 Å². The normalized spacial score (nSPS) is 11.8. The number of methoxy groups -OCH3 is 2. The van der Waals surface area contributed by atoms with Gasteiger partial charge in [-0.15, -0.1) is 0 Å². The third kappa shape index (κ3) is 4.32. The molecule has 4 aromatic carbocycles. The van der Waals surface area contributed by atoms with Gasteiger partial charge in [-0.25, -0.2) is 8.42 Å². The summed E-state index contributed by atoms with van der Waals surface area (Å²) in [4.78, 5) is -0.213. The molecule has 0 aliphatic carbocycles. The summed E-state index contributed by atoms with van der Waals surface area (Å²) in [6.45, 7) is 1.78. The van der Waals surface area contributed by atoms with Crippen molar-refractivity contribution in [3.8, 4) is 11.5 Å². The standard InChI is InChI=1S/C27H25O5PS/c1-20-15-16-26(27(17-20)34(28,29)30)33(23-11-5-4-6-12-23,24-13-7-9-21(18-24)31-2)25-14-8-10-22(19-25)32-3/h4-19H,1-3H3. The van der Waals surface area contributed by atoms with Crippen LogP contribution in [0.4, 0.5) is 0 Å². The smallest absolute Gasteiger partial charge is 0.145 e. The van der Waals surface area contributed by atoms with E-state index in [0.29, 0.717) is 22.4 Å². The molecule has 4 aromatic rings. The Morgan fingerprint density at radius 3 is 1.71 bits per heavy atom. The second-order valence-electron chi connectivity index (χ2n) is 7.83. The molecule has 5 nitrogen and oxygen atoms in total. The quantitative estimate of drug-likeness (QED) is 0.291. The maximum atomic E-state index is 12.6. The van der Waals surface area contributed by atoms with Gasteiger partial charge in [0, 0.05) is 12.1 Å². The van der Waals surface area contributed by atoms with Crippen molar-refractivity contribution in [3.63, 3.8) is 0 Å². The Balaban J connectivity index is 2.26. The summed E-state index contributed by atoms with van der Waals surface area (Å²) in [7, 11) is -4.48. The third-order valence-corrected chi connectivity index (χ3v) is 11.1. The van der Waals surface area contributed by atoms with Crippen LogP contribution in [0.15, 0.2) is 102 Å². The van der Waals surface area contributed by atoms with Crippen molar-refractivity contribution >= 4 is 38.6 Å². The van der Waals surface area contributed by atoms with E-state index >= 15 is 0 Å². The van der Waals surface area contributed by atoms with Crippen LogP contribution in [0.25, 0.3) is 0 Å². The van der Waals surface area contributed by atoms with Crippen molar-refractivity contribution in [1.82, 2.24) is 0 Å². The highest BCUT2D eigenvalue weighted by molar-refractivity contribution is 8.02. The highest BCUT2D eigenvalue weighted by Crippen LogP contribution is 2.56. The minimum Gasteiger partial charge on any atom is -0.744 e. The number of aryl methyl sites for hydroxylation is 1. The largest absolute Gasteiger partial charge is 0.744 e. The third-order valence-electron chi connectivity index (χ3n) is 5.77. The van der Waals surface area contributed by atoms with Gasteiger partial charge in [0.15, 0.2) is 0 Å². The van der Waals surface area contributed by atoms with Crippen LogP contribution in [0.2, 0.25) is 0 Å². The van der Waals surface area contributed by atoms with Crippen LogP contribution in [0.5, 0.6) is 11.5 Å². The maximum absolute atomic E-state index is 12.6. The molecule has 0 saturated carbocycles. The zero-order valence-electron chi connectivity index (χ0n) is 19.1. The first kappa shape index (κ1) is 24.0. The van der Waals surface area contributed by atoms with E-state index in [1.54, 1.807) is 27.2 Å². The molecule has 0 unspecified atom stereocenters. The molecule has 0 aromatic heterocycles. The number of ether oxygens (including phenoxy) is 2. The Kier molecular flexibility index (Phi) is 6.76. The van der Waals surface area contributed by atoms with E-state index < -0.39 is 17.4 Å². The highest BCUT2D eigenvalue weighted by atomic mass is 32.2. The molecular formula is C27H25O5PS. The first-order chi connectivity index (χ1) is 16.3. The Hall–Kier alpha value is -3.18. The lowest BCUT2D eigenvalue weighted by Gasteiger charge is -2.30. The van der Waals surface area contributed by atoms with Gasteiger partial charge in [-0.1, -0.05) is 36.4 Å². The molecule has 34 heavy (non-hydrogen) atoms. The summed E-state index contributed by atoms with van der Waals surface area (Å²) in [5, 5.41) is 3.10. The molecule has 0 saturated heterocycles. The van der Waals surface area contributed by atoms with Gasteiger partial charge in [-0.3, -0.25) is 0 Å². The maximum Gasteiger partial charge on any atom is 0.145 e. The molecule has 0 fully saturated rings. The molecule has 0 N–H and O–H groups in total. The van der Waals surface area contributed by atoms with Crippen LogP contribution < -0.4 is 30.7 Å². The molecule has 174 valence electrons. The highest BCUT2D eigenvalue weighted by Gasteiger charge is 2.50.